The molecule has 8 nitrogen and oxygen atoms in total. The first-order valence-corrected chi connectivity index (χ1v) is 8.74. The summed E-state index contributed by atoms with van der Waals surface area (Å²) < 4.78 is 15.6. The van der Waals surface area contributed by atoms with Gasteiger partial charge in [0, 0.05) is 18.3 Å². The molecule has 2 aliphatic heterocycles. The van der Waals surface area contributed by atoms with Gasteiger partial charge in [0.05, 0.1) is 13.2 Å². The van der Waals surface area contributed by atoms with Gasteiger partial charge in [0.15, 0.2) is 5.41 Å². The van der Waals surface area contributed by atoms with E-state index in [2.05, 4.69) is 0 Å². The van der Waals surface area contributed by atoms with Crippen molar-refractivity contribution in [3.63, 3.8) is 0 Å². The first kappa shape index (κ1) is 19.5. The fraction of sp³-hybridized carbons (Fsp3) is 0.350. The summed E-state index contributed by atoms with van der Waals surface area (Å²) in [6.07, 6.45) is -0.440. The Bertz CT molecular complexity index is 946. The topological polar surface area (TPSA) is 108 Å². The van der Waals surface area contributed by atoms with Crippen molar-refractivity contribution in [1.82, 2.24) is 0 Å². The van der Waals surface area contributed by atoms with Gasteiger partial charge in [-0.25, -0.2) is 14.4 Å². The van der Waals surface area contributed by atoms with Crippen molar-refractivity contribution in [3.8, 4) is 0 Å². The van der Waals surface area contributed by atoms with Gasteiger partial charge in [-0.3, -0.25) is 0 Å². The fourth-order valence-corrected chi connectivity index (χ4v) is 3.74. The Morgan fingerprint density at radius 3 is 2.43 bits per heavy atom. The average molecular weight is 386 g/mol. The maximum atomic E-state index is 13.2. The van der Waals surface area contributed by atoms with Gasteiger partial charge in [-0.15, -0.1) is 0 Å². The molecule has 2 aliphatic rings. The number of ether oxygens (including phenoxy) is 3. The highest BCUT2D eigenvalue weighted by Gasteiger charge is 2.63. The van der Waals surface area contributed by atoms with Gasteiger partial charge >= 0.3 is 17.9 Å². The minimum atomic E-state index is -1.86. The third-order valence-corrected chi connectivity index (χ3v) is 4.88. The number of rotatable bonds is 3. The van der Waals surface area contributed by atoms with Crippen LogP contribution < -0.4 is 10.6 Å². The Balaban J connectivity index is 2.42. The summed E-state index contributed by atoms with van der Waals surface area (Å²) in [7, 11) is 2.84. The molecule has 8 heteroatoms. The van der Waals surface area contributed by atoms with Crippen LogP contribution in [0.3, 0.4) is 0 Å². The molecular weight excluding hydrogens is 364 g/mol. The van der Waals surface area contributed by atoms with Crippen molar-refractivity contribution >= 4 is 23.6 Å². The third kappa shape index (κ3) is 2.48. The lowest BCUT2D eigenvalue weighted by Crippen LogP contribution is -2.50. The summed E-state index contributed by atoms with van der Waals surface area (Å²) in [6, 6.07) is 6.87. The number of esters is 3. The number of methoxy groups -OCH3 is 1. The van der Waals surface area contributed by atoms with Crippen molar-refractivity contribution in [3.05, 3.63) is 52.6 Å². The lowest BCUT2D eigenvalue weighted by Gasteiger charge is -2.39. The van der Waals surface area contributed by atoms with E-state index in [1.165, 1.54) is 14.0 Å². The van der Waals surface area contributed by atoms with Gasteiger partial charge < -0.3 is 24.8 Å². The number of para-hydroxylation sites is 1. The monoisotopic (exact) mass is 386 g/mol. The van der Waals surface area contributed by atoms with Crippen molar-refractivity contribution in [2.75, 3.05) is 19.1 Å². The van der Waals surface area contributed by atoms with Crippen LogP contribution >= 0.6 is 0 Å². The van der Waals surface area contributed by atoms with Gasteiger partial charge in [0.25, 0.3) is 0 Å². The molecule has 148 valence electrons. The number of fused-ring (bicyclic) bond motifs is 2. The summed E-state index contributed by atoms with van der Waals surface area (Å²) in [6.45, 7) is 4.85. The molecular formula is C20H22N2O6. The zero-order chi connectivity index (χ0) is 20.8. The predicted octanol–water partition coefficient (Wildman–Crippen LogP) is 1.50. The van der Waals surface area contributed by atoms with Crippen molar-refractivity contribution in [2.24, 2.45) is 5.73 Å². The normalized spacial score (nSPS) is 21.2. The molecule has 1 aromatic carbocycles. The molecule has 0 saturated heterocycles. The van der Waals surface area contributed by atoms with Crippen molar-refractivity contribution in [2.45, 2.75) is 32.3 Å². The average Bonchev–Trinajstić information content (AvgIpc) is 2.90. The van der Waals surface area contributed by atoms with E-state index >= 15 is 0 Å². The Labute approximate surface area is 162 Å². The van der Waals surface area contributed by atoms with Crippen LogP contribution in [0.5, 0.6) is 0 Å². The standard InChI is InChI=1S/C20H22N2O6/c1-10(2)27-18(24)14-11(3)28-19(25)20(14)12-8-6-7-9-13(12)22(4)16(21)15(20)17(23)26-5/h6-10H,21H2,1-5H3. The van der Waals surface area contributed by atoms with E-state index in [-0.39, 0.29) is 22.7 Å². The summed E-state index contributed by atoms with van der Waals surface area (Å²) in [5.74, 6) is -2.34. The lowest BCUT2D eigenvalue weighted by atomic mass is 9.66. The molecule has 1 aromatic rings. The minimum Gasteiger partial charge on any atom is -0.466 e. The molecule has 2 heterocycles. The van der Waals surface area contributed by atoms with Crippen molar-refractivity contribution in [1.29, 1.82) is 0 Å². The molecule has 0 amide bonds. The predicted molar refractivity (Wildman–Crippen MR) is 99.8 cm³/mol. The molecule has 0 bridgehead atoms. The Hall–Kier alpha value is -3.29. The van der Waals surface area contributed by atoms with Crippen LogP contribution in [0, 0.1) is 0 Å². The zero-order valence-corrected chi connectivity index (χ0v) is 16.4. The Kier molecular flexibility index (Phi) is 4.66. The van der Waals surface area contributed by atoms with Gasteiger partial charge in [-0.2, -0.15) is 0 Å². The largest absolute Gasteiger partial charge is 0.466 e. The third-order valence-electron chi connectivity index (χ3n) is 4.88. The van der Waals surface area contributed by atoms with Crippen LogP contribution in [-0.4, -0.2) is 38.2 Å². The molecule has 1 atom stereocenters. The van der Waals surface area contributed by atoms with Gasteiger partial charge in [0.1, 0.15) is 22.7 Å². The zero-order valence-electron chi connectivity index (χ0n) is 16.4. The SMILES string of the molecule is COC(=O)C1=C(N)N(C)c2ccccc2C12C(=O)OC(C)=C2C(=O)OC(C)C. The number of nitrogens with two attached hydrogens (primary N) is 1. The van der Waals surface area contributed by atoms with Crippen LogP contribution in [-0.2, 0) is 34.0 Å². The van der Waals surface area contributed by atoms with Gasteiger partial charge in [0.2, 0.25) is 0 Å². The summed E-state index contributed by atoms with van der Waals surface area (Å²) in [5, 5.41) is 0. The number of nitrogens with zero attached hydrogens (tertiary/aromatic N) is 1. The molecule has 3 rings (SSSR count). The van der Waals surface area contributed by atoms with E-state index in [4.69, 9.17) is 19.9 Å². The van der Waals surface area contributed by atoms with Crippen molar-refractivity contribution < 1.29 is 28.6 Å². The number of cyclic esters (lactones) is 1. The highest BCUT2D eigenvalue weighted by atomic mass is 16.6. The van der Waals surface area contributed by atoms with Crippen LogP contribution in [0.25, 0.3) is 0 Å². The highest BCUT2D eigenvalue weighted by molar-refractivity contribution is 6.16. The van der Waals surface area contributed by atoms with Crippen LogP contribution in [0.2, 0.25) is 0 Å². The van der Waals surface area contributed by atoms with Crippen LogP contribution in [0.4, 0.5) is 5.69 Å². The number of hydrogen-bond donors (Lipinski definition) is 1. The van der Waals surface area contributed by atoms with Gasteiger partial charge in [-0.1, -0.05) is 18.2 Å². The van der Waals surface area contributed by atoms with Crippen LogP contribution in [0.1, 0.15) is 26.3 Å². The maximum absolute atomic E-state index is 13.2. The van der Waals surface area contributed by atoms with Gasteiger partial charge in [-0.05, 0) is 26.8 Å². The second kappa shape index (κ2) is 6.70. The van der Waals surface area contributed by atoms with E-state index in [0.29, 0.717) is 11.3 Å². The van der Waals surface area contributed by atoms with E-state index in [0.717, 1.165) is 0 Å². The number of allylic oxidation sites excluding steroid dienone is 1. The number of carbonyl (C=O) groups is 3. The summed E-state index contributed by atoms with van der Waals surface area (Å²) in [4.78, 5) is 40.6. The summed E-state index contributed by atoms with van der Waals surface area (Å²) >= 11 is 0. The molecule has 0 radical (unpaired) electrons. The maximum Gasteiger partial charge on any atom is 0.339 e. The lowest BCUT2D eigenvalue weighted by molar-refractivity contribution is -0.147. The number of hydrogen-bond acceptors (Lipinski definition) is 8. The van der Waals surface area contributed by atoms with E-state index in [9.17, 15) is 14.4 Å². The molecule has 1 spiro atoms. The first-order chi connectivity index (χ1) is 13.2. The molecule has 0 aromatic heterocycles. The molecule has 28 heavy (non-hydrogen) atoms. The number of anilines is 1. The molecule has 1 unspecified atom stereocenters. The fourth-order valence-electron chi connectivity index (χ4n) is 3.74. The number of benzene rings is 1. The smallest absolute Gasteiger partial charge is 0.339 e. The minimum absolute atomic E-state index is 0.00736. The molecule has 0 saturated carbocycles. The van der Waals surface area contributed by atoms with E-state index in [1.807, 2.05) is 0 Å². The molecule has 0 aliphatic carbocycles. The van der Waals surface area contributed by atoms with E-state index in [1.54, 1.807) is 50.1 Å². The number of carbonyl (C=O) groups excluding carboxylic acids is 3. The van der Waals surface area contributed by atoms with Crippen LogP contribution in [0.15, 0.2) is 47.0 Å². The second-order valence-electron chi connectivity index (χ2n) is 6.85. The summed E-state index contributed by atoms with van der Waals surface area (Å²) in [5.41, 5.74) is 5.11. The Morgan fingerprint density at radius 2 is 1.82 bits per heavy atom. The first-order valence-electron chi connectivity index (χ1n) is 8.74. The molecule has 2 N–H and O–H groups in total. The quantitative estimate of drug-likeness (QED) is 0.615. The molecule has 0 fully saturated rings. The Morgan fingerprint density at radius 1 is 1.18 bits per heavy atom. The van der Waals surface area contributed by atoms with E-state index < -0.39 is 29.4 Å². The highest BCUT2D eigenvalue weighted by Crippen LogP contribution is 2.53. The second-order valence-corrected chi connectivity index (χ2v) is 6.85.